The Morgan fingerprint density at radius 2 is 1.36 bits per heavy atom. The molecule has 1 nitrogen and oxygen atoms in total. The maximum absolute atomic E-state index is 3.25. The standard InChI is InChI=1S/C21H19N/c1-14-13-15(11-12-20(14)22-2)21-18-9-5-3-7-16(18)17-8-4-6-10-19(17)21/h3-13,21-22H,1-2H3. The zero-order chi connectivity index (χ0) is 15.1. The summed E-state index contributed by atoms with van der Waals surface area (Å²) in [6, 6.07) is 24.3. The van der Waals surface area contributed by atoms with Gasteiger partial charge in [0.1, 0.15) is 0 Å². The van der Waals surface area contributed by atoms with Crippen LogP contribution in [0.5, 0.6) is 0 Å². The number of anilines is 1. The van der Waals surface area contributed by atoms with E-state index in [9.17, 15) is 0 Å². The normalized spacial score (nSPS) is 12.8. The van der Waals surface area contributed by atoms with Crippen LogP contribution in [0.2, 0.25) is 0 Å². The van der Waals surface area contributed by atoms with Crippen molar-refractivity contribution in [3.8, 4) is 11.1 Å². The summed E-state index contributed by atoms with van der Waals surface area (Å²) in [5.74, 6) is 0.344. The summed E-state index contributed by atoms with van der Waals surface area (Å²) in [5.41, 5.74) is 9.44. The summed E-state index contributed by atoms with van der Waals surface area (Å²) in [5, 5.41) is 3.25. The molecular formula is C21H19N. The van der Waals surface area contributed by atoms with Gasteiger partial charge in [-0.25, -0.2) is 0 Å². The van der Waals surface area contributed by atoms with E-state index < -0.39 is 0 Å². The van der Waals surface area contributed by atoms with Gasteiger partial charge in [-0.3, -0.25) is 0 Å². The Hall–Kier alpha value is -2.54. The lowest BCUT2D eigenvalue weighted by atomic mass is 9.88. The van der Waals surface area contributed by atoms with Crippen molar-refractivity contribution in [2.75, 3.05) is 12.4 Å². The Morgan fingerprint density at radius 3 is 1.91 bits per heavy atom. The third-order valence-corrected chi connectivity index (χ3v) is 4.69. The molecule has 0 atom stereocenters. The van der Waals surface area contributed by atoms with E-state index in [1.807, 2.05) is 7.05 Å². The number of aryl methyl sites for hydroxylation is 1. The van der Waals surface area contributed by atoms with E-state index in [0.717, 1.165) is 0 Å². The topological polar surface area (TPSA) is 12.0 Å². The maximum atomic E-state index is 3.25. The van der Waals surface area contributed by atoms with Crippen LogP contribution >= 0.6 is 0 Å². The van der Waals surface area contributed by atoms with Crippen molar-refractivity contribution in [3.05, 3.63) is 89.0 Å². The van der Waals surface area contributed by atoms with E-state index in [1.165, 1.54) is 39.1 Å². The second-order valence-corrected chi connectivity index (χ2v) is 5.93. The number of fused-ring (bicyclic) bond motifs is 3. The van der Waals surface area contributed by atoms with Gasteiger partial charge in [0.15, 0.2) is 0 Å². The second-order valence-electron chi connectivity index (χ2n) is 5.93. The van der Waals surface area contributed by atoms with Crippen LogP contribution in [-0.2, 0) is 0 Å². The fraction of sp³-hybridized carbons (Fsp3) is 0.143. The van der Waals surface area contributed by atoms with Crippen molar-refractivity contribution in [1.82, 2.24) is 0 Å². The van der Waals surface area contributed by atoms with Crippen LogP contribution < -0.4 is 5.32 Å². The van der Waals surface area contributed by atoms with E-state index in [0.29, 0.717) is 5.92 Å². The lowest BCUT2D eigenvalue weighted by Gasteiger charge is -2.16. The van der Waals surface area contributed by atoms with Crippen LogP contribution in [0.15, 0.2) is 66.7 Å². The first kappa shape index (κ1) is 13.1. The molecule has 0 radical (unpaired) electrons. The summed E-state index contributed by atoms with van der Waals surface area (Å²) in [4.78, 5) is 0. The fourth-order valence-electron chi connectivity index (χ4n) is 3.66. The minimum atomic E-state index is 0.344. The van der Waals surface area contributed by atoms with Gasteiger partial charge in [0, 0.05) is 18.7 Å². The molecule has 0 bridgehead atoms. The number of hydrogen-bond acceptors (Lipinski definition) is 1. The lowest BCUT2D eigenvalue weighted by Crippen LogP contribution is -2.01. The predicted octanol–water partition coefficient (Wildman–Crippen LogP) is 5.20. The second kappa shape index (κ2) is 5.03. The van der Waals surface area contributed by atoms with Gasteiger partial charge in [-0.15, -0.1) is 0 Å². The molecule has 0 saturated carbocycles. The van der Waals surface area contributed by atoms with Gasteiger partial charge in [-0.05, 0) is 46.4 Å². The molecule has 0 aromatic heterocycles. The van der Waals surface area contributed by atoms with Crippen molar-refractivity contribution >= 4 is 5.69 Å². The highest BCUT2D eigenvalue weighted by Gasteiger charge is 2.29. The van der Waals surface area contributed by atoms with Crippen molar-refractivity contribution in [2.45, 2.75) is 12.8 Å². The molecule has 0 unspecified atom stereocenters. The molecule has 0 aliphatic heterocycles. The van der Waals surface area contributed by atoms with Gasteiger partial charge in [0.25, 0.3) is 0 Å². The highest BCUT2D eigenvalue weighted by molar-refractivity contribution is 5.80. The largest absolute Gasteiger partial charge is 0.388 e. The average Bonchev–Trinajstić information content (AvgIpc) is 2.89. The van der Waals surface area contributed by atoms with Crippen LogP contribution in [0.3, 0.4) is 0 Å². The number of hydrogen-bond donors (Lipinski definition) is 1. The maximum Gasteiger partial charge on any atom is 0.0367 e. The van der Waals surface area contributed by atoms with Crippen molar-refractivity contribution in [3.63, 3.8) is 0 Å². The molecule has 0 spiro atoms. The minimum Gasteiger partial charge on any atom is -0.388 e. The Bertz CT molecular complexity index is 803. The summed E-state index contributed by atoms with van der Waals surface area (Å²) in [6.45, 7) is 2.17. The molecule has 22 heavy (non-hydrogen) atoms. The fourth-order valence-corrected chi connectivity index (χ4v) is 3.66. The Kier molecular flexibility index (Phi) is 3.00. The third kappa shape index (κ3) is 1.86. The van der Waals surface area contributed by atoms with Crippen LogP contribution in [-0.4, -0.2) is 7.05 Å². The van der Waals surface area contributed by atoms with E-state index in [-0.39, 0.29) is 0 Å². The minimum absolute atomic E-state index is 0.344. The summed E-state index contributed by atoms with van der Waals surface area (Å²) in [6.07, 6.45) is 0. The third-order valence-electron chi connectivity index (χ3n) is 4.69. The molecule has 0 fully saturated rings. The van der Waals surface area contributed by atoms with Crippen LogP contribution in [0.25, 0.3) is 11.1 Å². The molecule has 0 heterocycles. The molecule has 0 saturated heterocycles. The molecular weight excluding hydrogens is 266 g/mol. The summed E-state index contributed by atoms with van der Waals surface area (Å²) >= 11 is 0. The van der Waals surface area contributed by atoms with Crippen molar-refractivity contribution in [2.24, 2.45) is 0 Å². The average molecular weight is 285 g/mol. The van der Waals surface area contributed by atoms with E-state index in [2.05, 4.69) is 79.0 Å². The first-order chi connectivity index (χ1) is 10.8. The van der Waals surface area contributed by atoms with Gasteiger partial charge >= 0.3 is 0 Å². The smallest absolute Gasteiger partial charge is 0.0367 e. The quantitative estimate of drug-likeness (QED) is 0.534. The van der Waals surface area contributed by atoms with E-state index >= 15 is 0 Å². The summed E-state index contributed by atoms with van der Waals surface area (Å²) < 4.78 is 0. The van der Waals surface area contributed by atoms with Gasteiger partial charge < -0.3 is 5.32 Å². The molecule has 0 amide bonds. The number of nitrogens with one attached hydrogen (secondary N) is 1. The molecule has 1 heteroatoms. The highest BCUT2D eigenvalue weighted by Crippen LogP contribution is 2.47. The molecule has 3 aromatic carbocycles. The highest BCUT2D eigenvalue weighted by atomic mass is 14.8. The van der Waals surface area contributed by atoms with Crippen molar-refractivity contribution in [1.29, 1.82) is 0 Å². The summed E-state index contributed by atoms with van der Waals surface area (Å²) in [7, 11) is 1.97. The van der Waals surface area contributed by atoms with Crippen LogP contribution in [0, 0.1) is 6.92 Å². The van der Waals surface area contributed by atoms with E-state index in [4.69, 9.17) is 0 Å². The SMILES string of the molecule is CNc1ccc(C2c3ccccc3-c3ccccc32)cc1C. The first-order valence-electron chi connectivity index (χ1n) is 7.76. The zero-order valence-electron chi connectivity index (χ0n) is 12.9. The van der Waals surface area contributed by atoms with Crippen LogP contribution in [0.1, 0.15) is 28.2 Å². The van der Waals surface area contributed by atoms with Crippen molar-refractivity contribution < 1.29 is 0 Å². The zero-order valence-corrected chi connectivity index (χ0v) is 12.9. The molecule has 3 aromatic rings. The van der Waals surface area contributed by atoms with Gasteiger partial charge in [0.2, 0.25) is 0 Å². The van der Waals surface area contributed by atoms with Crippen LogP contribution in [0.4, 0.5) is 5.69 Å². The number of benzene rings is 3. The van der Waals surface area contributed by atoms with Gasteiger partial charge in [-0.1, -0.05) is 60.7 Å². The Morgan fingerprint density at radius 1 is 0.773 bits per heavy atom. The molecule has 1 N–H and O–H groups in total. The monoisotopic (exact) mass is 285 g/mol. The first-order valence-corrected chi connectivity index (χ1v) is 7.76. The molecule has 4 rings (SSSR count). The molecule has 108 valence electrons. The Balaban J connectivity index is 1.93. The number of rotatable bonds is 2. The molecule has 1 aliphatic carbocycles. The van der Waals surface area contributed by atoms with E-state index in [1.54, 1.807) is 0 Å². The lowest BCUT2D eigenvalue weighted by molar-refractivity contribution is 1.01. The molecule has 1 aliphatic rings. The predicted molar refractivity (Wildman–Crippen MR) is 93.5 cm³/mol. The van der Waals surface area contributed by atoms with Gasteiger partial charge in [-0.2, -0.15) is 0 Å². The van der Waals surface area contributed by atoms with Gasteiger partial charge in [0.05, 0.1) is 0 Å². The Labute approximate surface area is 131 Å².